The molecule has 3 rings (SSSR count). The molecule has 0 spiro atoms. The summed E-state index contributed by atoms with van der Waals surface area (Å²) in [6, 6.07) is 7.25. The molecule has 6 nitrogen and oxygen atoms in total. The summed E-state index contributed by atoms with van der Waals surface area (Å²) >= 11 is 3.00. The van der Waals surface area contributed by atoms with Crippen LogP contribution < -0.4 is 4.74 Å². The highest BCUT2D eigenvalue weighted by Crippen LogP contribution is 2.40. The van der Waals surface area contributed by atoms with Crippen molar-refractivity contribution >= 4 is 31.9 Å². The van der Waals surface area contributed by atoms with Crippen LogP contribution in [0.2, 0.25) is 0 Å². The zero-order valence-corrected chi connectivity index (χ0v) is 22.9. The lowest BCUT2D eigenvalue weighted by Gasteiger charge is -2.29. The Bertz CT molecular complexity index is 1230. The van der Waals surface area contributed by atoms with Crippen LogP contribution in [0.5, 0.6) is 5.75 Å². The monoisotopic (exact) mass is 591 g/mol. The topological polar surface area (TPSA) is 72.9 Å². The van der Waals surface area contributed by atoms with Crippen LogP contribution in [0.15, 0.2) is 45.8 Å². The first-order chi connectivity index (χ1) is 16.6. The molecule has 1 aliphatic rings. The molecule has 11 heteroatoms. The number of fused-ring (bicyclic) bond motifs is 1. The highest BCUT2D eigenvalue weighted by Gasteiger charge is 2.36. The maximum atomic E-state index is 13.5. The first kappa shape index (κ1) is 28.5. The van der Waals surface area contributed by atoms with E-state index in [2.05, 4.69) is 15.9 Å². The number of carbonyl (C=O) groups excluding carboxylic acids is 1. The van der Waals surface area contributed by atoms with Crippen molar-refractivity contribution in [1.82, 2.24) is 4.31 Å². The normalized spacial score (nSPS) is 16.9. The van der Waals surface area contributed by atoms with Gasteiger partial charge in [0.15, 0.2) is 6.61 Å². The first-order valence-electron chi connectivity index (χ1n) is 11.4. The molecule has 0 heterocycles. The quantitative estimate of drug-likeness (QED) is 0.292. The van der Waals surface area contributed by atoms with Crippen LogP contribution in [-0.4, -0.2) is 37.9 Å². The number of halogens is 4. The molecule has 0 saturated carbocycles. The SMILES string of the molecule is CN(C1CCCCc2c(OCC(=O)OC(C)(C)C)cccc21)S(=O)(=O)c1cc(Br)cc(C(F)(F)F)c1. The van der Waals surface area contributed by atoms with Gasteiger partial charge in [-0.05, 0) is 75.4 Å². The zero-order chi connectivity index (χ0) is 26.9. The largest absolute Gasteiger partial charge is 0.482 e. The van der Waals surface area contributed by atoms with Crippen molar-refractivity contribution < 1.29 is 35.9 Å². The van der Waals surface area contributed by atoms with Crippen LogP contribution >= 0.6 is 15.9 Å². The van der Waals surface area contributed by atoms with E-state index >= 15 is 0 Å². The van der Waals surface area contributed by atoms with Gasteiger partial charge in [0.25, 0.3) is 0 Å². The molecule has 1 atom stereocenters. The fourth-order valence-electron chi connectivity index (χ4n) is 4.19. The van der Waals surface area contributed by atoms with E-state index in [1.165, 1.54) is 13.1 Å². The minimum Gasteiger partial charge on any atom is -0.482 e. The predicted octanol–water partition coefficient (Wildman–Crippen LogP) is 6.28. The first-order valence-corrected chi connectivity index (χ1v) is 13.6. The van der Waals surface area contributed by atoms with E-state index in [0.717, 1.165) is 22.4 Å². The third-order valence-corrected chi connectivity index (χ3v) is 8.06. The smallest absolute Gasteiger partial charge is 0.416 e. The van der Waals surface area contributed by atoms with Gasteiger partial charge < -0.3 is 9.47 Å². The number of nitrogens with zero attached hydrogens (tertiary/aromatic N) is 1. The van der Waals surface area contributed by atoms with Gasteiger partial charge in [0.1, 0.15) is 11.4 Å². The van der Waals surface area contributed by atoms with E-state index in [1.54, 1.807) is 39.0 Å². The van der Waals surface area contributed by atoms with E-state index in [4.69, 9.17) is 9.47 Å². The highest BCUT2D eigenvalue weighted by atomic mass is 79.9. The molecule has 1 aliphatic carbocycles. The molecule has 0 aromatic heterocycles. The molecule has 0 aliphatic heterocycles. The third kappa shape index (κ3) is 6.80. The Labute approximate surface area is 218 Å². The minimum atomic E-state index is -4.69. The fourth-order valence-corrected chi connectivity index (χ4v) is 6.27. The van der Waals surface area contributed by atoms with Crippen LogP contribution in [0, 0.1) is 0 Å². The van der Waals surface area contributed by atoms with Gasteiger partial charge >= 0.3 is 12.1 Å². The lowest BCUT2D eigenvalue weighted by molar-refractivity contribution is -0.157. The molecule has 198 valence electrons. The summed E-state index contributed by atoms with van der Waals surface area (Å²) in [5.74, 6) is -0.0713. The molecule has 0 N–H and O–H groups in total. The van der Waals surface area contributed by atoms with Crippen LogP contribution in [0.4, 0.5) is 13.2 Å². The van der Waals surface area contributed by atoms with Crippen molar-refractivity contribution in [2.24, 2.45) is 0 Å². The number of rotatable bonds is 6. The summed E-state index contributed by atoms with van der Waals surface area (Å²) in [4.78, 5) is 11.7. The van der Waals surface area contributed by atoms with Crippen molar-refractivity contribution in [3.8, 4) is 5.75 Å². The van der Waals surface area contributed by atoms with Crippen LogP contribution in [0.3, 0.4) is 0 Å². The molecule has 0 radical (unpaired) electrons. The summed E-state index contributed by atoms with van der Waals surface area (Å²) in [6.45, 7) is 4.96. The number of ether oxygens (including phenoxy) is 2. The van der Waals surface area contributed by atoms with Crippen LogP contribution in [0.25, 0.3) is 0 Å². The Morgan fingerprint density at radius 3 is 2.47 bits per heavy atom. The number of benzene rings is 2. The van der Waals surface area contributed by atoms with Gasteiger partial charge in [-0.1, -0.05) is 34.5 Å². The second-order valence-corrected chi connectivity index (χ2v) is 12.6. The minimum absolute atomic E-state index is 0.0170. The van der Waals surface area contributed by atoms with Gasteiger partial charge in [-0.15, -0.1) is 0 Å². The Morgan fingerprint density at radius 2 is 1.83 bits per heavy atom. The van der Waals surface area contributed by atoms with Gasteiger partial charge in [-0.3, -0.25) is 0 Å². The van der Waals surface area contributed by atoms with Gasteiger partial charge in [0, 0.05) is 11.5 Å². The molecule has 2 aromatic carbocycles. The predicted molar refractivity (Wildman–Crippen MR) is 132 cm³/mol. The van der Waals surface area contributed by atoms with Gasteiger partial charge in [0.2, 0.25) is 10.0 Å². The lowest BCUT2D eigenvalue weighted by atomic mass is 9.98. The van der Waals surface area contributed by atoms with E-state index in [0.29, 0.717) is 36.6 Å². The van der Waals surface area contributed by atoms with Crippen molar-refractivity contribution in [1.29, 1.82) is 0 Å². The number of hydrogen-bond donors (Lipinski definition) is 0. The van der Waals surface area contributed by atoms with Crippen molar-refractivity contribution in [2.45, 2.75) is 69.2 Å². The van der Waals surface area contributed by atoms with Crippen molar-refractivity contribution in [3.63, 3.8) is 0 Å². The number of esters is 1. The molecule has 0 fully saturated rings. The second kappa shape index (κ2) is 10.7. The van der Waals surface area contributed by atoms with Gasteiger partial charge in [0.05, 0.1) is 16.5 Å². The molecule has 0 saturated heterocycles. The molecule has 36 heavy (non-hydrogen) atoms. The van der Waals surface area contributed by atoms with Crippen LogP contribution in [-0.2, 0) is 32.2 Å². The fraction of sp³-hybridized carbons (Fsp3) is 0.480. The average Bonchev–Trinajstić information content (AvgIpc) is 2.97. The van der Waals surface area contributed by atoms with Gasteiger partial charge in [-0.25, -0.2) is 13.2 Å². The molecule has 1 unspecified atom stereocenters. The zero-order valence-electron chi connectivity index (χ0n) is 20.5. The lowest BCUT2D eigenvalue weighted by Crippen LogP contribution is -2.32. The molecule has 0 amide bonds. The van der Waals surface area contributed by atoms with E-state index < -0.39 is 44.3 Å². The Balaban J connectivity index is 1.94. The number of hydrogen-bond acceptors (Lipinski definition) is 5. The standard InChI is InChI=1S/C25H29BrF3NO5S/c1-24(2,3)35-23(31)15-34-22-11-7-9-19-20(22)8-5-6-10-21(19)30(4)36(32,33)18-13-16(25(27,28)29)12-17(26)14-18/h7,9,11-14,21H,5-6,8,10,15H2,1-4H3. The Hall–Kier alpha value is -2.11. The van der Waals surface area contributed by atoms with E-state index in [-0.39, 0.29) is 11.1 Å². The van der Waals surface area contributed by atoms with Crippen LogP contribution in [0.1, 0.15) is 62.8 Å². The number of sulfonamides is 1. The molecular formula is C25H29BrF3NO5S. The third-order valence-electron chi connectivity index (χ3n) is 5.76. The Morgan fingerprint density at radius 1 is 1.14 bits per heavy atom. The Kier molecular flexibility index (Phi) is 8.47. The molecular weight excluding hydrogens is 563 g/mol. The summed E-state index contributed by atoms with van der Waals surface area (Å²) in [5.41, 5.74) is -0.237. The summed E-state index contributed by atoms with van der Waals surface area (Å²) in [6.07, 6.45) is -2.13. The summed E-state index contributed by atoms with van der Waals surface area (Å²) < 4.78 is 79.1. The molecule has 2 aromatic rings. The van der Waals surface area contributed by atoms with Gasteiger partial charge in [-0.2, -0.15) is 17.5 Å². The van der Waals surface area contributed by atoms with E-state index in [9.17, 15) is 26.4 Å². The maximum absolute atomic E-state index is 13.5. The van der Waals surface area contributed by atoms with Crippen molar-refractivity contribution in [3.05, 3.63) is 57.6 Å². The maximum Gasteiger partial charge on any atom is 0.416 e. The number of carbonyl (C=O) groups is 1. The van der Waals surface area contributed by atoms with E-state index in [1.807, 2.05) is 0 Å². The molecule has 0 bridgehead atoms. The highest BCUT2D eigenvalue weighted by molar-refractivity contribution is 9.10. The average molecular weight is 592 g/mol. The summed E-state index contributed by atoms with van der Waals surface area (Å²) in [7, 11) is -2.90. The number of alkyl halides is 3. The summed E-state index contributed by atoms with van der Waals surface area (Å²) in [5, 5.41) is 0. The second-order valence-electron chi connectivity index (χ2n) is 9.66. The van der Waals surface area contributed by atoms with Crippen molar-refractivity contribution in [2.75, 3.05) is 13.7 Å².